The van der Waals surface area contributed by atoms with Crippen LogP contribution in [-0.4, -0.2) is 17.8 Å². The minimum Gasteiger partial charge on any atom is -0.381 e. The molecule has 1 atom stereocenters. The first kappa shape index (κ1) is 8.01. The largest absolute Gasteiger partial charge is 0.381 e. The molecule has 0 amide bonds. The van der Waals surface area contributed by atoms with E-state index >= 15 is 0 Å². The Labute approximate surface area is 74.6 Å². The topological polar surface area (TPSA) is 31.2 Å². The Bertz CT molecular complexity index is 298. The molecule has 0 saturated carbocycles. The van der Waals surface area contributed by atoms with Gasteiger partial charge in [-0.05, 0) is 6.42 Å². The van der Waals surface area contributed by atoms with Crippen LogP contribution in [0.4, 0.5) is 0 Å². The summed E-state index contributed by atoms with van der Waals surface area (Å²) in [6.45, 7) is 2.48. The van der Waals surface area contributed by atoms with Gasteiger partial charge in [-0.1, -0.05) is 11.3 Å². The molecule has 1 aliphatic heterocycles. The van der Waals surface area contributed by atoms with Crippen LogP contribution in [0, 0.1) is 5.92 Å². The van der Waals surface area contributed by atoms with E-state index in [1.54, 1.807) is 4.57 Å². The van der Waals surface area contributed by atoms with Crippen molar-refractivity contribution < 1.29 is 4.74 Å². The summed E-state index contributed by atoms with van der Waals surface area (Å²) in [6.07, 6.45) is 2.94. The van der Waals surface area contributed by atoms with E-state index in [0.29, 0.717) is 5.92 Å². The van der Waals surface area contributed by atoms with Gasteiger partial charge >= 0.3 is 4.87 Å². The van der Waals surface area contributed by atoms with Gasteiger partial charge < -0.3 is 9.30 Å². The van der Waals surface area contributed by atoms with Gasteiger partial charge in [0.1, 0.15) is 0 Å². The van der Waals surface area contributed by atoms with Crippen molar-refractivity contribution in [1.82, 2.24) is 4.57 Å². The quantitative estimate of drug-likeness (QED) is 0.686. The van der Waals surface area contributed by atoms with Crippen LogP contribution in [0.5, 0.6) is 0 Å². The van der Waals surface area contributed by atoms with Gasteiger partial charge in [-0.2, -0.15) is 0 Å². The number of aromatic nitrogens is 1. The maximum Gasteiger partial charge on any atom is 0.307 e. The van der Waals surface area contributed by atoms with Gasteiger partial charge in [0.15, 0.2) is 0 Å². The molecule has 2 heterocycles. The predicted octanol–water partition coefficient (Wildman–Crippen LogP) is 0.946. The highest BCUT2D eigenvalue weighted by Gasteiger charge is 2.16. The number of nitrogens with zero attached hydrogens (tertiary/aromatic N) is 1. The molecule has 1 aromatic heterocycles. The molecule has 1 aromatic rings. The normalized spacial score (nSPS) is 23.2. The molecule has 0 spiro atoms. The van der Waals surface area contributed by atoms with Crippen LogP contribution in [0.1, 0.15) is 6.42 Å². The van der Waals surface area contributed by atoms with Crippen LogP contribution >= 0.6 is 11.3 Å². The third-order valence-corrected chi connectivity index (χ3v) is 2.82. The highest BCUT2D eigenvalue weighted by Crippen LogP contribution is 2.13. The Kier molecular flexibility index (Phi) is 2.28. The van der Waals surface area contributed by atoms with Crippen molar-refractivity contribution in [1.29, 1.82) is 0 Å². The first-order valence-corrected chi connectivity index (χ1v) is 4.96. The van der Waals surface area contributed by atoms with E-state index in [-0.39, 0.29) is 4.87 Å². The maximum atomic E-state index is 11.1. The van der Waals surface area contributed by atoms with E-state index in [2.05, 4.69) is 0 Å². The molecular formula is C8H11NO2S. The van der Waals surface area contributed by atoms with Crippen LogP contribution in [0.15, 0.2) is 16.4 Å². The molecule has 0 radical (unpaired) electrons. The second kappa shape index (κ2) is 3.41. The van der Waals surface area contributed by atoms with Gasteiger partial charge in [0.2, 0.25) is 0 Å². The number of ether oxygens (including phenoxy) is 1. The third kappa shape index (κ3) is 1.59. The summed E-state index contributed by atoms with van der Waals surface area (Å²) in [4.78, 5) is 11.3. The Balaban J connectivity index is 2.03. The van der Waals surface area contributed by atoms with E-state index in [4.69, 9.17) is 4.74 Å². The zero-order valence-electron chi connectivity index (χ0n) is 6.73. The van der Waals surface area contributed by atoms with Crippen LogP contribution in [0.25, 0.3) is 0 Å². The van der Waals surface area contributed by atoms with Gasteiger partial charge in [0.25, 0.3) is 0 Å². The van der Waals surface area contributed by atoms with Crippen LogP contribution < -0.4 is 4.87 Å². The van der Waals surface area contributed by atoms with Gasteiger partial charge in [-0.3, -0.25) is 4.79 Å². The lowest BCUT2D eigenvalue weighted by molar-refractivity contribution is 0.182. The summed E-state index contributed by atoms with van der Waals surface area (Å²) in [5, 5.41) is 1.83. The predicted molar refractivity (Wildman–Crippen MR) is 47.5 cm³/mol. The van der Waals surface area contributed by atoms with E-state index in [0.717, 1.165) is 26.2 Å². The molecule has 1 fully saturated rings. The van der Waals surface area contributed by atoms with E-state index in [1.807, 2.05) is 11.6 Å². The van der Waals surface area contributed by atoms with Crippen LogP contribution in [0.2, 0.25) is 0 Å². The number of rotatable bonds is 2. The molecule has 66 valence electrons. The Morgan fingerprint density at radius 2 is 2.67 bits per heavy atom. The van der Waals surface area contributed by atoms with Gasteiger partial charge in [-0.25, -0.2) is 0 Å². The van der Waals surface area contributed by atoms with E-state index < -0.39 is 0 Å². The van der Waals surface area contributed by atoms with Crippen molar-refractivity contribution in [3.63, 3.8) is 0 Å². The van der Waals surface area contributed by atoms with Crippen LogP contribution in [0.3, 0.4) is 0 Å². The maximum absolute atomic E-state index is 11.1. The summed E-state index contributed by atoms with van der Waals surface area (Å²) in [6, 6.07) is 0. The van der Waals surface area contributed by atoms with Gasteiger partial charge in [-0.15, -0.1) is 0 Å². The first-order chi connectivity index (χ1) is 5.86. The molecule has 1 aliphatic rings. The molecule has 0 aliphatic carbocycles. The minimum absolute atomic E-state index is 0.141. The summed E-state index contributed by atoms with van der Waals surface area (Å²) in [5.74, 6) is 0.539. The molecule has 12 heavy (non-hydrogen) atoms. The summed E-state index contributed by atoms with van der Waals surface area (Å²) in [7, 11) is 0. The lowest BCUT2D eigenvalue weighted by atomic mass is 10.1. The fourth-order valence-corrected chi connectivity index (χ4v) is 2.03. The minimum atomic E-state index is 0.141. The molecular weight excluding hydrogens is 174 g/mol. The van der Waals surface area contributed by atoms with Gasteiger partial charge in [0.05, 0.1) is 6.61 Å². The molecule has 0 N–H and O–H groups in total. The molecule has 4 heteroatoms. The van der Waals surface area contributed by atoms with Crippen molar-refractivity contribution in [3.05, 3.63) is 21.2 Å². The molecule has 3 nitrogen and oxygen atoms in total. The van der Waals surface area contributed by atoms with Crippen molar-refractivity contribution in [2.45, 2.75) is 13.0 Å². The monoisotopic (exact) mass is 185 g/mol. The van der Waals surface area contributed by atoms with E-state index in [1.165, 1.54) is 11.3 Å². The average molecular weight is 185 g/mol. The fourth-order valence-electron chi connectivity index (χ4n) is 1.43. The zero-order valence-corrected chi connectivity index (χ0v) is 7.55. The van der Waals surface area contributed by atoms with Gasteiger partial charge in [0, 0.05) is 30.6 Å². The highest BCUT2D eigenvalue weighted by molar-refractivity contribution is 7.07. The fraction of sp³-hybridized carbons (Fsp3) is 0.625. The first-order valence-electron chi connectivity index (χ1n) is 4.08. The average Bonchev–Trinajstić information content (AvgIpc) is 2.65. The smallest absolute Gasteiger partial charge is 0.307 e. The van der Waals surface area contributed by atoms with Crippen molar-refractivity contribution in [2.24, 2.45) is 5.92 Å². The third-order valence-electron chi connectivity index (χ3n) is 2.12. The Morgan fingerprint density at radius 1 is 1.75 bits per heavy atom. The number of hydrogen-bond acceptors (Lipinski definition) is 3. The number of thiazole rings is 1. The lowest BCUT2D eigenvalue weighted by Crippen LogP contribution is -2.18. The highest BCUT2D eigenvalue weighted by atomic mass is 32.1. The lowest BCUT2D eigenvalue weighted by Gasteiger charge is -2.06. The van der Waals surface area contributed by atoms with Crippen molar-refractivity contribution >= 4 is 11.3 Å². The molecule has 2 rings (SSSR count). The molecule has 0 aromatic carbocycles. The standard InChI is InChI=1S/C8H11NO2S/c10-8-9(2-4-12-8)5-7-1-3-11-6-7/h2,4,7H,1,3,5-6H2. The SMILES string of the molecule is O=c1sccn1CC1CCOC1. The van der Waals surface area contributed by atoms with Crippen LogP contribution in [-0.2, 0) is 11.3 Å². The summed E-state index contributed by atoms with van der Waals surface area (Å²) < 4.78 is 7.00. The second-order valence-electron chi connectivity index (χ2n) is 3.05. The second-order valence-corrected chi connectivity index (χ2v) is 3.91. The summed E-state index contributed by atoms with van der Waals surface area (Å²) in [5.41, 5.74) is 0. The zero-order chi connectivity index (χ0) is 8.39. The molecule has 1 unspecified atom stereocenters. The van der Waals surface area contributed by atoms with Crippen molar-refractivity contribution in [2.75, 3.05) is 13.2 Å². The Hall–Kier alpha value is -0.610. The molecule has 1 saturated heterocycles. The Morgan fingerprint density at radius 3 is 3.25 bits per heavy atom. The van der Waals surface area contributed by atoms with E-state index in [9.17, 15) is 4.79 Å². The summed E-state index contributed by atoms with van der Waals surface area (Å²) >= 11 is 1.25. The van der Waals surface area contributed by atoms with Crippen molar-refractivity contribution in [3.8, 4) is 0 Å². The molecule has 0 bridgehead atoms. The number of hydrogen-bond donors (Lipinski definition) is 0.